The Morgan fingerprint density at radius 1 is 1.73 bits per heavy atom. The highest BCUT2D eigenvalue weighted by Crippen LogP contribution is 2.10. The van der Waals surface area contributed by atoms with Crippen molar-refractivity contribution >= 4 is 28.4 Å². The van der Waals surface area contributed by atoms with Crippen molar-refractivity contribution in [2.45, 2.75) is 6.92 Å². The lowest BCUT2D eigenvalue weighted by Gasteiger charge is -1.97. The van der Waals surface area contributed by atoms with Crippen LogP contribution in [0.4, 0.5) is 4.39 Å². The van der Waals surface area contributed by atoms with Gasteiger partial charge in [-0.05, 0) is 35.6 Å². The van der Waals surface area contributed by atoms with Gasteiger partial charge in [-0.25, -0.2) is 9.37 Å². The number of nitrogens with zero attached hydrogens (tertiary/aromatic N) is 1. The smallest absolute Gasteiger partial charge is 0.162 e. The van der Waals surface area contributed by atoms with Gasteiger partial charge in [0, 0.05) is 0 Å². The third kappa shape index (κ3) is 1.95. The van der Waals surface area contributed by atoms with Gasteiger partial charge in [-0.15, -0.1) is 0 Å². The van der Waals surface area contributed by atoms with Gasteiger partial charge in [0.25, 0.3) is 0 Å². The van der Waals surface area contributed by atoms with Crippen LogP contribution in [0.5, 0.6) is 0 Å². The van der Waals surface area contributed by atoms with E-state index in [2.05, 4.69) is 4.98 Å². The highest BCUT2D eigenvalue weighted by atomic mass is 127. The van der Waals surface area contributed by atoms with E-state index < -0.39 is 5.82 Å². The summed E-state index contributed by atoms with van der Waals surface area (Å²) in [6.45, 7) is 1.39. The van der Waals surface area contributed by atoms with Gasteiger partial charge in [0.2, 0.25) is 0 Å². The molecule has 58 valence electrons. The van der Waals surface area contributed by atoms with Gasteiger partial charge in [-0.3, -0.25) is 4.79 Å². The van der Waals surface area contributed by atoms with Gasteiger partial charge < -0.3 is 0 Å². The number of hydrogen-bond acceptors (Lipinski definition) is 2. The molecule has 0 N–H and O–H groups in total. The maximum absolute atomic E-state index is 12.5. The number of carbonyl (C=O) groups is 1. The second-order valence-electron chi connectivity index (χ2n) is 2.05. The molecule has 0 radical (unpaired) electrons. The number of aromatic nitrogens is 1. The van der Waals surface area contributed by atoms with E-state index in [1.54, 1.807) is 0 Å². The number of rotatable bonds is 1. The van der Waals surface area contributed by atoms with Gasteiger partial charge in [-0.1, -0.05) is 0 Å². The molecule has 0 saturated carbocycles. The van der Waals surface area contributed by atoms with E-state index in [0.29, 0.717) is 9.26 Å². The fourth-order valence-electron chi connectivity index (χ4n) is 0.669. The summed E-state index contributed by atoms with van der Waals surface area (Å²) in [5, 5.41) is 0. The standard InChI is InChI=1S/C7H5FINO/c1-4(11)6-2-5(8)3-10-7(6)9/h2-3H,1H3. The lowest BCUT2D eigenvalue weighted by molar-refractivity contribution is 0.101. The van der Waals surface area contributed by atoms with Crippen molar-refractivity contribution in [2.75, 3.05) is 0 Å². The molecule has 2 nitrogen and oxygen atoms in total. The zero-order valence-electron chi connectivity index (χ0n) is 5.77. The molecule has 0 saturated heterocycles. The van der Waals surface area contributed by atoms with Crippen molar-refractivity contribution < 1.29 is 9.18 Å². The third-order valence-electron chi connectivity index (χ3n) is 1.18. The Bertz CT molecular complexity index is 300. The van der Waals surface area contributed by atoms with Crippen LogP contribution in [-0.4, -0.2) is 10.8 Å². The Kier molecular flexibility index (Phi) is 2.53. The fraction of sp³-hybridized carbons (Fsp3) is 0.143. The highest BCUT2D eigenvalue weighted by Gasteiger charge is 2.06. The molecule has 0 aliphatic heterocycles. The minimum absolute atomic E-state index is 0.165. The number of halogens is 2. The first kappa shape index (κ1) is 8.58. The Hall–Kier alpha value is -0.520. The van der Waals surface area contributed by atoms with Gasteiger partial charge in [-0.2, -0.15) is 0 Å². The van der Waals surface area contributed by atoms with Crippen molar-refractivity contribution in [3.8, 4) is 0 Å². The van der Waals surface area contributed by atoms with Gasteiger partial charge in [0.15, 0.2) is 5.78 Å². The summed E-state index contributed by atoms with van der Waals surface area (Å²) < 4.78 is 13.0. The zero-order chi connectivity index (χ0) is 8.43. The van der Waals surface area contributed by atoms with Crippen LogP contribution in [0.1, 0.15) is 17.3 Å². The van der Waals surface area contributed by atoms with Crippen molar-refractivity contribution in [3.05, 3.63) is 27.3 Å². The predicted octanol–water partition coefficient (Wildman–Crippen LogP) is 2.03. The van der Waals surface area contributed by atoms with Gasteiger partial charge in [0.05, 0.1) is 11.8 Å². The first-order valence-electron chi connectivity index (χ1n) is 2.93. The molecule has 0 aliphatic carbocycles. The molecule has 1 aromatic heterocycles. The van der Waals surface area contributed by atoms with Crippen molar-refractivity contribution in [3.63, 3.8) is 0 Å². The monoisotopic (exact) mass is 265 g/mol. The molecule has 0 spiro atoms. The largest absolute Gasteiger partial charge is 0.294 e. The molecule has 0 fully saturated rings. The zero-order valence-corrected chi connectivity index (χ0v) is 7.92. The molecular weight excluding hydrogens is 260 g/mol. The number of Topliss-reactive ketones (excluding diaryl/α,β-unsaturated/α-hetero) is 1. The Morgan fingerprint density at radius 2 is 2.36 bits per heavy atom. The summed E-state index contributed by atoms with van der Waals surface area (Å²) >= 11 is 1.89. The summed E-state index contributed by atoms with van der Waals surface area (Å²) in [5.41, 5.74) is 0.339. The van der Waals surface area contributed by atoms with Gasteiger partial charge >= 0.3 is 0 Å². The molecule has 0 atom stereocenters. The van der Waals surface area contributed by atoms with Crippen LogP contribution < -0.4 is 0 Å². The van der Waals surface area contributed by atoms with E-state index in [0.717, 1.165) is 6.20 Å². The van der Waals surface area contributed by atoms with Crippen LogP contribution in [0.3, 0.4) is 0 Å². The minimum Gasteiger partial charge on any atom is -0.294 e. The first-order valence-corrected chi connectivity index (χ1v) is 4.01. The minimum atomic E-state index is -0.476. The number of ketones is 1. The van der Waals surface area contributed by atoms with E-state index in [4.69, 9.17) is 0 Å². The first-order chi connectivity index (χ1) is 5.11. The molecular formula is C7H5FINO. The topological polar surface area (TPSA) is 30.0 Å². The lowest BCUT2D eigenvalue weighted by atomic mass is 10.2. The summed E-state index contributed by atoms with van der Waals surface area (Å²) in [4.78, 5) is 14.5. The number of pyridine rings is 1. The van der Waals surface area contributed by atoms with Crippen LogP contribution in [0.15, 0.2) is 12.3 Å². The van der Waals surface area contributed by atoms with Crippen LogP contribution in [0.25, 0.3) is 0 Å². The predicted molar refractivity (Wildman–Crippen MR) is 46.9 cm³/mol. The van der Waals surface area contributed by atoms with E-state index in [1.165, 1.54) is 13.0 Å². The van der Waals surface area contributed by atoms with Crippen LogP contribution in [0, 0.1) is 9.52 Å². The second-order valence-corrected chi connectivity index (χ2v) is 3.07. The maximum Gasteiger partial charge on any atom is 0.162 e. The quantitative estimate of drug-likeness (QED) is 0.441. The molecule has 1 rings (SSSR count). The Labute approximate surface area is 77.0 Å². The molecule has 4 heteroatoms. The highest BCUT2D eigenvalue weighted by molar-refractivity contribution is 14.1. The average molecular weight is 265 g/mol. The summed E-state index contributed by atoms with van der Waals surface area (Å²) in [5.74, 6) is -0.642. The Balaban J connectivity index is 3.23. The average Bonchev–Trinajstić information content (AvgIpc) is 1.94. The number of hydrogen-bond donors (Lipinski definition) is 0. The summed E-state index contributed by atoms with van der Waals surface area (Å²) in [7, 11) is 0. The summed E-state index contributed by atoms with van der Waals surface area (Å²) in [6.07, 6.45) is 1.09. The van der Waals surface area contributed by atoms with E-state index in [-0.39, 0.29) is 5.78 Å². The molecule has 0 bridgehead atoms. The molecule has 1 heterocycles. The third-order valence-corrected chi connectivity index (χ3v) is 2.04. The molecule has 0 unspecified atom stereocenters. The SMILES string of the molecule is CC(=O)c1cc(F)cnc1I. The molecule has 0 aliphatic rings. The van der Waals surface area contributed by atoms with Crippen LogP contribution in [-0.2, 0) is 0 Å². The molecule has 1 aromatic rings. The van der Waals surface area contributed by atoms with E-state index >= 15 is 0 Å². The summed E-state index contributed by atoms with van der Waals surface area (Å²) in [6, 6.07) is 1.19. The molecule has 0 aromatic carbocycles. The second kappa shape index (κ2) is 3.25. The van der Waals surface area contributed by atoms with Crippen molar-refractivity contribution in [1.29, 1.82) is 0 Å². The van der Waals surface area contributed by atoms with E-state index in [1.807, 2.05) is 22.6 Å². The number of carbonyl (C=O) groups excluding carboxylic acids is 1. The Morgan fingerprint density at radius 3 is 2.82 bits per heavy atom. The van der Waals surface area contributed by atoms with E-state index in [9.17, 15) is 9.18 Å². The normalized spacial score (nSPS) is 9.73. The molecule has 11 heavy (non-hydrogen) atoms. The van der Waals surface area contributed by atoms with Gasteiger partial charge in [0.1, 0.15) is 9.52 Å². The lowest BCUT2D eigenvalue weighted by Crippen LogP contribution is -1.99. The van der Waals surface area contributed by atoms with Crippen molar-refractivity contribution in [1.82, 2.24) is 4.98 Å². The molecule has 0 amide bonds. The maximum atomic E-state index is 12.5. The van der Waals surface area contributed by atoms with Crippen molar-refractivity contribution in [2.24, 2.45) is 0 Å². The van der Waals surface area contributed by atoms with Crippen LogP contribution >= 0.6 is 22.6 Å². The fourth-order valence-corrected chi connectivity index (χ4v) is 1.34. The van der Waals surface area contributed by atoms with Crippen LogP contribution in [0.2, 0.25) is 0 Å².